The minimum atomic E-state index is -0.123. The van der Waals surface area contributed by atoms with Gasteiger partial charge in [-0.2, -0.15) is 0 Å². The van der Waals surface area contributed by atoms with Crippen molar-refractivity contribution < 1.29 is 4.79 Å². The van der Waals surface area contributed by atoms with E-state index in [1.54, 1.807) is 12.3 Å². The van der Waals surface area contributed by atoms with E-state index in [4.69, 9.17) is 5.73 Å². The Bertz CT molecular complexity index is 684. The Labute approximate surface area is 124 Å². The van der Waals surface area contributed by atoms with E-state index in [1.807, 2.05) is 37.3 Å². The quantitative estimate of drug-likeness (QED) is 0.839. The maximum atomic E-state index is 12.1. The van der Waals surface area contributed by atoms with Crippen LogP contribution >= 0.6 is 0 Å². The van der Waals surface area contributed by atoms with Gasteiger partial charge >= 0.3 is 0 Å². The molecule has 21 heavy (non-hydrogen) atoms. The maximum absolute atomic E-state index is 12.1. The van der Waals surface area contributed by atoms with Crippen molar-refractivity contribution in [2.75, 3.05) is 6.54 Å². The normalized spacial score (nSPS) is 9.62. The van der Waals surface area contributed by atoms with Crippen LogP contribution in [-0.4, -0.2) is 17.4 Å². The minimum absolute atomic E-state index is 0.123. The average molecular weight is 279 g/mol. The standard InChI is InChI=1S/C17H17N3O/c1-13-11-15(8-7-14(13)5-4-9-18)17(21)20-12-16-6-2-3-10-19-16/h2-3,6-8,10-11H,9,12,18H2,1H3,(H,20,21). The summed E-state index contributed by atoms with van der Waals surface area (Å²) in [4.78, 5) is 16.3. The lowest BCUT2D eigenvalue weighted by Gasteiger charge is -2.06. The van der Waals surface area contributed by atoms with Gasteiger partial charge in [0.1, 0.15) is 0 Å². The molecule has 0 fully saturated rings. The third-order valence-electron chi connectivity index (χ3n) is 2.97. The molecule has 0 bridgehead atoms. The number of carbonyl (C=O) groups excluding carboxylic acids is 1. The highest BCUT2D eigenvalue weighted by Gasteiger charge is 2.07. The Balaban J connectivity index is 2.04. The van der Waals surface area contributed by atoms with Gasteiger partial charge in [0.15, 0.2) is 0 Å². The molecule has 4 heteroatoms. The number of hydrogen-bond acceptors (Lipinski definition) is 3. The lowest BCUT2D eigenvalue weighted by Crippen LogP contribution is -2.23. The van der Waals surface area contributed by atoms with Crippen LogP contribution in [0.5, 0.6) is 0 Å². The van der Waals surface area contributed by atoms with Gasteiger partial charge in [-0.1, -0.05) is 17.9 Å². The number of carbonyl (C=O) groups is 1. The molecule has 106 valence electrons. The van der Waals surface area contributed by atoms with E-state index >= 15 is 0 Å². The zero-order chi connectivity index (χ0) is 15.1. The SMILES string of the molecule is Cc1cc(C(=O)NCc2ccccn2)ccc1C#CCN. The van der Waals surface area contributed by atoms with Crippen LogP contribution in [0.4, 0.5) is 0 Å². The van der Waals surface area contributed by atoms with Crippen molar-refractivity contribution in [3.05, 3.63) is 65.0 Å². The number of nitrogens with two attached hydrogens (primary N) is 1. The molecule has 0 spiro atoms. The van der Waals surface area contributed by atoms with Gasteiger partial charge in [0, 0.05) is 17.3 Å². The third kappa shape index (κ3) is 4.16. The molecular formula is C17H17N3O. The second-order valence-electron chi connectivity index (χ2n) is 4.54. The Morgan fingerprint density at radius 1 is 1.33 bits per heavy atom. The lowest BCUT2D eigenvalue weighted by atomic mass is 10.0. The van der Waals surface area contributed by atoms with E-state index in [-0.39, 0.29) is 5.91 Å². The lowest BCUT2D eigenvalue weighted by molar-refractivity contribution is 0.0950. The number of nitrogens with one attached hydrogen (secondary N) is 1. The summed E-state index contributed by atoms with van der Waals surface area (Å²) in [6.07, 6.45) is 1.70. The van der Waals surface area contributed by atoms with Crippen molar-refractivity contribution in [3.8, 4) is 11.8 Å². The molecule has 0 atom stereocenters. The highest BCUT2D eigenvalue weighted by atomic mass is 16.1. The molecule has 1 heterocycles. The van der Waals surface area contributed by atoms with Gasteiger partial charge in [0.05, 0.1) is 18.8 Å². The fourth-order valence-electron chi connectivity index (χ4n) is 1.87. The molecular weight excluding hydrogens is 262 g/mol. The van der Waals surface area contributed by atoms with Gasteiger partial charge in [-0.15, -0.1) is 0 Å². The van der Waals surface area contributed by atoms with Crippen LogP contribution in [0.15, 0.2) is 42.6 Å². The Hall–Kier alpha value is -2.64. The van der Waals surface area contributed by atoms with Crippen molar-refractivity contribution >= 4 is 5.91 Å². The van der Waals surface area contributed by atoms with E-state index in [1.165, 1.54) is 0 Å². The first-order valence-electron chi connectivity index (χ1n) is 6.68. The molecule has 0 aliphatic heterocycles. The van der Waals surface area contributed by atoms with Crippen LogP contribution < -0.4 is 11.1 Å². The predicted molar refractivity (Wildman–Crippen MR) is 82.5 cm³/mol. The Morgan fingerprint density at radius 2 is 2.19 bits per heavy atom. The van der Waals surface area contributed by atoms with Crippen LogP contribution in [0.25, 0.3) is 0 Å². The predicted octanol–water partition coefficient (Wildman–Crippen LogP) is 1.63. The van der Waals surface area contributed by atoms with Gasteiger partial charge < -0.3 is 11.1 Å². The highest BCUT2D eigenvalue weighted by Crippen LogP contribution is 2.10. The Kier molecular flexibility index (Phi) is 5.08. The summed E-state index contributed by atoms with van der Waals surface area (Å²) >= 11 is 0. The van der Waals surface area contributed by atoms with Crippen molar-refractivity contribution in [3.63, 3.8) is 0 Å². The highest BCUT2D eigenvalue weighted by molar-refractivity contribution is 5.94. The number of amides is 1. The van der Waals surface area contributed by atoms with E-state index in [0.29, 0.717) is 18.7 Å². The summed E-state index contributed by atoms with van der Waals surface area (Å²) in [6, 6.07) is 11.0. The second kappa shape index (κ2) is 7.22. The maximum Gasteiger partial charge on any atom is 0.251 e. The number of pyridine rings is 1. The van der Waals surface area contributed by atoms with Crippen LogP contribution in [0.1, 0.15) is 27.2 Å². The fraction of sp³-hybridized carbons (Fsp3) is 0.176. The first-order chi connectivity index (χ1) is 10.2. The molecule has 2 aromatic rings. The molecule has 0 unspecified atom stereocenters. The van der Waals surface area contributed by atoms with E-state index < -0.39 is 0 Å². The summed E-state index contributed by atoms with van der Waals surface area (Å²) in [5.41, 5.74) is 8.65. The van der Waals surface area contributed by atoms with Gasteiger partial charge in [-0.3, -0.25) is 9.78 Å². The van der Waals surface area contributed by atoms with Crippen LogP contribution in [0.3, 0.4) is 0 Å². The van der Waals surface area contributed by atoms with E-state index in [2.05, 4.69) is 22.1 Å². The average Bonchev–Trinajstić information content (AvgIpc) is 2.52. The van der Waals surface area contributed by atoms with Crippen LogP contribution in [0, 0.1) is 18.8 Å². The summed E-state index contributed by atoms with van der Waals surface area (Å²) in [7, 11) is 0. The summed E-state index contributed by atoms with van der Waals surface area (Å²) in [5.74, 6) is 5.67. The minimum Gasteiger partial charge on any atom is -0.346 e. The molecule has 0 saturated carbocycles. The number of benzene rings is 1. The second-order valence-corrected chi connectivity index (χ2v) is 4.54. The summed E-state index contributed by atoms with van der Waals surface area (Å²) in [6.45, 7) is 2.66. The number of aromatic nitrogens is 1. The van der Waals surface area contributed by atoms with Gasteiger partial charge in [-0.25, -0.2) is 0 Å². The van der Waals surface area contributed by atoms with Gasteiger partial charge in [0.2, 0.25) is 0 Å². The van der Waals surface area contributed by atoms with E-state index in [9.17, 15) is 4.79 Å². The van der Waals surface area contributed by atoms with Gasteiger partial charge in [-0.05, 0) is 42.8 Å². The van der Waals surface area contributed by atoms with Crippen molar-refractivity contribution in [2.45, 2.75) is 13.5 Å². The molecule has 4 nitrogen and oxygen atoms in total. The molecule has 1 aromatic carbocycles. The molecule has 0 aliphatic rings. The number of aryl methyl sites for hydroxylation is 1. The van der Waals surface area contributed by atoms with E-state index in [0.717, 1.165) is 16.8 Å². The number of nitrogens with zero attached hydrogens (tertiary/aromatic N) is 1. The molecule has 1 aromatic heterocycles. The summed E-state index contributed by atoms with van der Waals surface area (Å²) < 4.78 is 0. The third-order valence-corrected chi connectivity index (χ3v) is 2.97. The molecule has 3 N–H and O–H groups in total. The Morgan fingerprint density at radius 3 is 2.86 bits per heavy atom. The number of hydrogen-bond donors (Lipinski definition) is 2. The summed E-state index contributed by atoms with van der Waals surface area (Å²) in [5, 5.41) is 2.85. The fourth-order valence-corrected chi connectivity index (χ4v) is 1.87. The van der Waals surface area contributed by atoms with Crippen molar-refractivity contribution in [1.82, 2.24) is 10.3 Å². The van der Waals surface area contributed by atoms with Gasteiger partial charge in [0.25, 0.3) is 5.91 Å². The van der Waals surface area contributed by atoms with Crippen molar-refractivity contribution in [2.24, 2.45) is 5.73 Å². The zero-order valence-corrected chi connectivity index (χ0v) is 11.9. The first-order valence-corrected chi connectivity index (χ1v) is 6.68. The zero-order valence-electron chi connectivity index (χ0n) is 11.9. The molecule has 0 radical (unpaired) electrons. The van der Waals surface area contributed by atoms with Crippen molar-refractivity contribution in [1.29, 1.82) is 0 Å². The molecule has 1 amide bonds. The molecule has 2 rings (SSSR count). The molecule has 0 saturated heterocycles. The first kappa shape index (κ1) is 14.8. The van der Waals surface area contributed by atoms with Crippen LogP contribution in [0.2, 0.25) is 0 Å². The van der Waals surface area contributed by atoms with Crippen LogP contribution in [-0.2, 0) is 6.54 Å². The monoisotopic (exact) mass is 279 g/mol. The number of rotatable bonds is 3. The smallest absolute Gasteiger partial charge is 0.251 e. The topological polar surface area (TPSA) is 68.0 Å². The largest absolute Gasteiger partial charge is 0.346 e. The molecule has 0 aliphatic carbocycles.